The smallest absolute Gasteiger partial charge is 0.160 e. The lowest BCUT2D eigenvalue weighted by molar-refractivity contribution is 0.110. The minimum absolute atomic E-state index is 0.0587. The number of carbonyl (C=O) groups is 1. The molecule has 112 valence electrons. The predicted molar refractivity (Wildman–Crippen MR) is 76.7 cm³/mol. The number of benzene rings is 1. The normalized spacial score (nSPS) is 12.0. The van der Waals surface area contributed by atoms with Gasteiger partial charge in [0.05, 0.1) is 5.56 Å². The number of aromatic hydroxyl groups is 1. The van der Waals surface area contributed by atoms with Crippen LogP contribution in [0.1, 0.15) is 21.6 Å². The molecule has 0 spiro atoms. The highest BCUT2D eigenvalue weighted by Crippen LogP contribution is 2.28. The first-order valence-electron chi connectivity index (χ1n) is 6.38. The number of aromatic amines is 1. The van der Waals surface area contributed by atoms with Gasteiger partial charge in [0.1, 0.15) is 23.9 Å². The molecule has 4 N–H and O–H groups in total. The Kier molecular flexibility index (Phi) is 4.44. The van der Waals surface area contributed by atoms with E-state index in [0.29, 0.717) is 12.1 Å². The van der Waals surface area contributed by atoms with Crippen LogP contribution in [-0.2, 0) is 0 Å². The van der Waals surface area contributed by atoms with Crippen molar-refractivity contribution in [3.63, 3.8) is 0 Å². The maximum absolute atomic E-state index is 11.0. The van der Waals surface area contributed by atoms with E-state index in [-0.39, 0.29) is 23.7 Å². The van der Waals surface area contributed by atoms with Crippen LogP contribution in [0.3, 0.4) is 0 Å². The molecule has 2 rings (SSSR count). The minimum Gasteiger partial charge on any atom is -0.507 e. The minimum atomic E-state index is -1.00. The van der Waals surface area contributed by atoms with Crippen molar-refractivity contribution in [3.05, 3.63) is 35.0 Å². The quantitative estimate of drug-likeness (QED) is 0.473. The summed E-state index contributed by atoms with van der Waals surface area (Å²) in [5.41, 5.74) is 1.67. The summed E-state index contributed by atoms with van der Waals surface area (Å²) < 4.78 is 5.39. The molecule has 1 heterocycles. The van der Waals surface area contributed by atoms with E-state index < -0.39 is 6.23 Å². The van der Waals surface area contributed by atoms with Crippen LogP contribution < -0.4 is 10.1 Å². The van der Waals surface area contributed by atoms with Crippen molar-refractivity contribution < 1.29 is 19.7 Å². The first-order valence-corrected chi connectivity index (χ1v) is 6.38. The number of aromatic nitrogens is 2. The third-order valence-corrected chi connectivity index (χ3v) is 2.80. The largest absolute Gasteiger partial charge is 0.507 e. The molecule has 7 nitrogen and oxygen atoms in total. The standard InChI is InChI=1S/C14H17N3O4/c1-8-3-11(19)10(6-18)12(4-8)21-7-14(20)15-13-5-9(2)16-17-13/h3-6,14,19-20H,7H2,1-2H3,(H2,15,16,17). The average molecular weight is 291 g/mol. The van der Waals surface area contributed by atoms with Gasteiger partial charge in [-0.2, -0.15) is 5.10 Å². The molecule has 1 unspecified atom stereocenters. The summed E-state index contributed by atoms with van der Waals surface area (Å²) in [7, 11) is 0. The van der Waals surface area contributed by atoms with Crippen molar-refractivity contribution in [2.45, 2.75) is 20.1 Å². The summed E-state index contributed by atoms with van der Waals surface area (Å²) in [6, 6.07) is 4.82. The molecule has 1 aromatic carbocycles. The van der Waals surface area contributed by atoms with Gasteiger partial charge in [-0.15, -0.1) is 0 Å². The zero-order chi connectivity index (χ0) is 15.4. The molecular weight excluding hydrogens is 274 g/mol. The van der Waals surface area contributed by atoms with Crippen molar-refractivity contribution in [3.8, 4) is 11.5 Å². The van der Waals surface area contributed by atoms with Crippen LogP contribution >= 0.6 is 0 Å². The fourth-order valence-corrected chi connectivity index (χ4v) is 1.86. The van der Waals surface area contributed by atoms with Gasteiger partial charge in [0.2, 0.25) is 0 Å². The number of aryl methyl sites for hydroxylation is 2. The second kappa shape index (κ2) is 6.27. The van der Waals surface area contributed by atoms with Crippen LogP contribution in [-0.4, -0.2) is 39.5 Å². The molecule has 21 heavy (non-hydrogen) atoms. The van der Waals surface area contributed by atoms with E-state index in [1.54, 1.807) is 19.1 Å². The SMILES string of the molecule is Cc1cc(O)c(C=O)c(OCC(O)Nc2cc(C)[nH]n2)c1. The van der Waals surface area contributed by atoms with Gasteiger partial charge in [0, 0.05) is 11.8 Å². The van der Waals surface area contributed by atoms with E-state index in [0.717, 1.165) is 11.3 Å². The predicted octanol–water partition coefficient (Wildman–Crippen LogP) is 1.35. The number of aliphatic hydroxyl groups excluding tert-OH is 1. The number of carbonyl (C=O) groups excluding carboxylic acids is 1. The third kappa shape index (κ3) is 3.73. The summed E-state index contributed by atoms with van der Waals surface area (Å²) in [5.74, 6) is 0.568. The Hall–Kier alpha value is -2.54. The van der Waals surface area contributed by atoms with Gasteiger partial charge in [0.15, 0.2) is 12.5 Å². The number of rotatable bonds is 6. The van der Waals surface area contributed by atoms with E-state index in [1.165, 1.54) is 6.07 Å². The summed E-state index contributed by atoms with van der Waals surface area (Å²) in [6.45, 7) is 3.50. The van der Waals surface area contributed by atoms with Gasteiger partial charge in [-0.1, -0.05) is 0 Å². The average Bonchev–Trinajstić information content (AvgIpc) is 2.81. The lowest BCUT2D eigenvalue weighted by atomic mass is 10.1. The number of hydrogen-bond acceptors (Lipinski definition) is 6. The van der Waals surface area contributed by atoms with Gasteiger partial charge >= 0.3 is 0 Å². The van der Waals surface area contributed by atoms with E-state index in [2.05, 4.69) is 15.5 Å². The number of H-pyrrole nitrogens is 1. The van der Waals surface area contributed by atoms with Gasteiger partial charge in [-0.3, -0.25) is 9.89 Å². The monoisotopic (exact) mass is 291 g/mol. The summed E-state index contributed by atoms with van der Waals surface area (Å²) >= 11 is 0. The summed E-state index contributed by atoms with van der Waals surface area (Å²) in [4.78, 5) is 11.0. The van der Waals surface area contributed by atoms with Crippen LogP contribution in [0.15, 0.2) is 18.2 Å². The Balaban J connectivity index is 2.00. The Labute approximate surface area is 121 Å². The van der Waals surface area contributed by atoms with Crippen molar-refractivity contribution >= 4 is 12.1 Å². The van der Waals surface area contributed by atoms with Crippen LogP contribution in [0.5, 0.6) is 11.5 Å². The van der Waals surface area contributed by atoms with Gasteiger partial charge in [-0.05, 0) is 31.5 Å². The van der Waals surface area contributed by atoms with Crippen LogP contribution in [0, 0.1) is 13.8 Å². The second-order valence-corrected chi connectivity index (χ2v) is 4.72. The fraction of sp³-hybridized carbons (Fsp3) is 0.286. The Morgan fingerprint density at radius 2 is 2.19 bits per heavy atom. The molecule has 0 bridgehead atoms. The molecule has 0 aliphatic heterocycles. The van der Waals surface area contributed by atoms with E-state index in [1.807, 2.05) is 6.92 Å². The van der Waals surface area contributed by atoms with Gasteiger partial charge in [-0.25, -0.2) is 0 Å². The summed E-state index contributed by atoms with van der Waals surface area (Å²) in [5, 5.41) is 28.9. The number of aliphatic hydroxyl groups is 1. The molecule has 7 heteroatoms. The summed E-state index contributed by atoms with van der Waals surface area (Å²) in [6.07, 6.45) is -0.490. The number of ether oxygens (including phenoxy) is 1. The lowest BCUT2D eigenvalue weighted by Crippen LogP contribution is -2.26. The number of nitrogens with one attached hydrogen (secondary N) is 2. The van der Waals surface area contributed by atoms with Gasteiger partial charge < -0.3 is 20.3 Å². The number of anilines is 1. The maximum Gasteiger partial charge on any atom is 0.160 e. The first-order chi connectivity index (χ1) is 9.99. The van der Waals surface area contributed by atoms with Crippen LogP contribution in [0.2, 0.25) is 0 Å². The fourth-order valence-electron chi connectivity index (χ4n) is 1.86. The van der Waals surface area contributed by atoms with E-state index >= 15 is 0 Å². The highest BCUT2D eigenvalue weighted by Gasteiger charge is 2.12. The molecule has 0 aliphatic rings. The molecular formula is C14H17N3O4. The van der Waals surface area contributed by atoms with Crippen LogP contribution in [0.4, 0.5) is 5.82 Å². The molecule has 0 aliphatic carbocycles. The molecule has 0 amide bonds. The highest BCUT2D eigenvalue weighted by molar-refractivity contribution is 5.83. The van der Waals surface area contributed by atoms with Crippen molar-refractivity contribution in [2.24, 2.45) is 0 Å². The molecule has 1 atom stereocenters. The maximum atomic E-state index is 11.0. The van der Waals surface area contributed by atoms with Crippen molar-refractivity contribution in [1.82, 2.24) is 10.2 Å². The molecule has 0 radical (unpaired) electrons. The zero-order valence-electron chi connectivity index (χ0n) is 11.8. The zero-order valence-corrected chi connectivity index (χ0v) is 11.8. The topological polar surface area (TPSA) is 107 Å². The number of aldehydes is 1. The molecule has 2 aromatic rings. The number of hydrogen-bond donors (Lipinski definition) is 4. The molecule has 0 saturated carbocycles. The number of phenols is 1. The number of nitrogens with zero attached hydrogens (tertiary/aromatic N) is 1. The molecule has 0 saturated heterocycles. The van der Waals surface area contributed by atoms with Gasteiger partial charge in [0.25, 0.3) is 0 Å². The number of phenolic OH excluding ortho intramolecular Hbond substituents is 1. The second-order valence-electron chi connectivity index (χ2n) is 4.72. The highest BCUT2D eigenvalue weighted by atomic mass is 16.5. The van der Waals surface area contributed by atoms with E-state index in [9.17, 15) is 15.0 Å². The molecule has 0 fully saturated rings. The Morgan fingerprint density at radius 3 is 2.81 bits per heavy atom. The van der Waals surface area contributed by atoms with Crippen molar-refractivity contribution in [2.75, 3.05) is 11.9 Å². The Bertz CT molecular complexity index is 639. The van der Waals surface area contributed by atoms with E-state index in [4.69, 9.17) is 4.74 Å². The first kappa shape index (κ1) is 14.9. The van der Waals surface area contributed by atoms with Crippen molar-refractivity contribution in [1.29, 1.82) is 0 Å². The van der Waals surface area contributed by atoms with Crippen LogP contribution in [0.25, 0.3) is 0 Å². The Morgan fingerprint density at radius 1 is 1.43 bits per heavy atom. The lowest BCUT2D eigenvalue weighted by Gasteiger charge is -2.15. The third-order valence-electron chi connectivity index (χ3n) is 2.80. The molecule has 1 aromatic heterocycles.